The Hall–Kier alpha value is -1.55. The molecule has 0 spiro atoms. The minimum atomic E-state index is 0.0113. The average molecular weight is 261 g/mol. The lowest BCUT2D eigenvalue weighted by atomic mass is 10.1. The van der Waals surface area contributed by atoms with E-state index in [1.54, 1.807) is 13.0 Å². The van der Waals surface area contributed by atoms with Crippen molar-refractivity contribution in [3.8, 4) is 0 Å². The second-order valence-corrected chi connectivity index (χ2v) is 5.16. The molecule has 1 saturated heterocycles. The second kappa shape index (κ2) is 6.06. The summed E-state index contributed by atoms with van der Waals surface area (Å²) in [5.74, 6) is 0.0113. The van der Waals surface area contributed by atoms with Crippen molar-refractivity contribution in [1.29, 1.82) is 0 Å². The number of rotatable bonds is 5. The van der Waals surface area contributed by atoms with Gasteiger partial charge in [-0.2, -0.15) is 0 Å². The van der Waals surface area contributed by atoms with Gasteiger partial charge in [0.25, 0.3) is 0 Å². The molecule has 4 heteroatoms. The first-order valence-electron chi connectivity index (χ1n) is 7.00. The fraction of sp³-hybridized carbons (Fsp3) is 0.533. The number of likely N-dealkylation sites (tertiary alicyclic amines) is 1. The molecular formula is C15H23N3O. The first kappa shape index (κ1) is 13.9. The molecule has 1 fully saturated rings. The van der Waals surface area contributed by atoms with Gasteiger partial charge in [-0.25, -0.2) is 0 Å². The molecule has 0 radical (unpaired) electrons. The minimum absolute atomic E-state index is 0.0113. The molecule has 0 saturated carbocycles. The van der Waals surface area contributed by atoms with E-state index in [-0.39, 0.29) is 5.78 Å². The number of Topliss-reactive ketones (excluding diaryl/α,β-unsaturated/α-hetero) is 1. The van der Waals surface area contributed by atoms with Crippen molar-refractivity contribution >= 4 is 17.2 Å². The molecule has 1 unspecified atom stereocenters. The predicted octanol–water partition coefficient (Wildman–Crippen LogP) is 2.37. The van der Waals surface area contributed by atoms with E-state index in [4.69, 9.17) is 5.73 Å². The number of nitrogens with one attached hydrogen (secondary N) is 1. The van der Waals surface area contributed by atoms with Gasteiger partial charge in [0, 0.05) is 29.5 Å². The molecule has 0 aliphatic carbocycles. The predicted molar refractivity (Wildman–Crippen MR) is 79.6 cm³/mol. The van der Waals surface area contributed by atoms with E-state index >= 15 is 0 Å². The molecule has 1 aromatic rings. The van der Waals surface area contributed by atoms with Crippen molar-refractivity contribution in [2.45, 2.75) is 32.7 Å². The van der Waals surface area contributed by atoms with Crippen LogP contribution >= 0.6 is 0 Å². The Morgan fingerprint density at radius 3 is 3.00 bits per heavy atom. The number of carbonyl (C=O) groups excluding carboxylic acids is 1. The summed E-state index contributed by atoms with van der Waals surface area (Å²) in [7, 11) is 0. The summed E-state index contributed by atoms with van der Waals surface area (Å²) in [5.41, 5.74) is 7.92. The van der Waals surface area contributed by atoms with Gasteiger partial charge in [0.2, 0.25) is 0 Å². The van der Waals surface area contributed by atoms with Crippen molar-refractivity contribution in [3.05, 3.63) is 23.8 Å². The van der Waals surface area contributed by atoms with Crippen molar-refractivity contribution < 1.29 is 4.79 Å². The first-order valence-corrected chi connectivity index (χ1v) is 7.00. The largest absolute Gasteiger partial charge is 0.398 e. The molecule has 1 heterocycles. The number of carbonyl (C=O) groups is 1. The van der Waals surface area contributed by atoms with Crippen LogP contribution in [0.1, 0.15) is 37.0 Å². The lowest BCUT2D eigenvalue weighted by molar-refractivity contribution is 0.101. The third-order valence-corrected chi connectivity index (χ3v) is 3.88. The average Bonchev–Trinajstić information content (AvgIpc) is 2.84. The van der Waals surface area contributed by atoms with Gasteiger partial charge in [0.05, 0.1) is 0 Å². The van der Waals surface area contributed by atoms with Crippen molar-refractivity contribution in [1.82, 2.24) is 4.90 Å². The Labute approximate surface area is 115 Å². The Morgan fingerprint density at radius 1 is 1.53 bits per heavy atom. The summed E-state index contributed by atoms with van der Waals surface area (Å²) in [4.78, 5) is 14.0. The maximum atomic E-state index is 11.5. The number of likely N-dealkylation sites (N-methyl/N-ethyl adjacent to an activating group) is 1. The number of hydrogen-bond donors (Lipinski definition) is 2. The Balaban J connectivity index is 2.00. The summed E-state index contributed by atoms with van der Waals surface area (Å²) in [6, 6.07) is 6.18. The number of benzene rings is 1. The lowest BCUT2D eigenvalue weighted by Gasteiger charge is -2.23. The zero-order valence-corrected chi connectivity index (χ0v) is 11.8. The molecule has 1 atom stereocenters. The van der Waals surface area contributed by atoms with Gasteiger partial charge in [-0.05, 0) is 51.1 Å². The fourth-order valence-corrected chi connectivity index (χ4v) is 2.75. The van der Waals surface area contributed by atoms with Gasteiger partial charge in [0.1, 0.15) is 0 Å². The van der Waals surface area contributed by atoms with E-state index in [2.05, 4.69) is 17.1 Å². The third kappa shape index (κ3) is 3.26. The van der Waals surface area contributed by atoms with E-state index in [9.17, 15) is 4.79 Å². The molecule has 3 N–H and O–H groups in total. The highest BCUT2D eigenvalue weighted by molar-refractivity contribution is 5.99. The van der Waals surface area contributed by atoms with Crippen LogP contribution in [0.2, 0.25) is 0 Å². The lowest BCUT2D eigenvalue weighted by Crippen LogP contribution is -2.34. The zero-order chi connectivity index (χ0) is 13.8. The van der Waals surface area contributed by atoms with E-state index in [0.717, 1.165) is 18.8 Å². The smallest absolute Gasteiger partial charge is 0.161 e. The molecule has 0 aromatic heterocycles. The summed E-state index contributed by atoms with van der Waals surface area (Å²) >= 11 is 0. The van der Waals surface area contributed by atoms with Crippen molar-refractivity contribution in [2.75, 3.05) is 30.7 Å². The Kier molecular flexibility index (Phi) is 4.43. The number of nitrogen functional groups attached to an aromatic ring is 1. The van der Waals surface area contributed by atoms with Gasteiger partial charge >= 0.3 is 0 Å². The summed E-state index contributed by atoms with van der Waals surface area (Å²) in [5, 5.41) is 3.42. The molecule has 1 aliphatic heterocycles. The van der Waals surface area contributed by atoms with Crippen LogP contribution in [-0.4, -0.2) is 36.4 Å². The summed E-state index contributed by atoms with van der Waals surface area (Å²) in [6.07, 6.45) is 2.52. The molecule has 1 aromatic carbocycles. The maximum Gasteiger partial charge on any atom is 0.161 e. The van der Waals surface area contributed by atoms with Crippen LogP contribution in [0.4, 0.5) is 11.4 Å². The molecule has 2 rings (SSSR count). The van der Waals surface area contributed by atoms with Crippen molar-refractivity contribution in [3.63, 3.8) is 0 Å². The van der Waals surface area contributed by atoms with E-state index in [1.165, 1.54) is 19.4 Å². The normalized spacial score (nSPS) is 19.6. The van der Waals surface area contributed by atoms with Crippen LogP contribution in [-0.2, 0) is 0 Å². The van der Waals surface area contributed by atoms with E-state index in [1.807, 2.05) is 12.1 Å². The monoisotopic (exact) mass is 261 g/mol. The molecule has 19 heavy (non-hydrogen) atoms. The fourth-order valence-electron chi connectivity index (χ4n) is 2.75. The van der Waals surface area contributed by atoms with Crippen molar-refractivity contribution in [2.24, 2.45) is 0 Å². The number of nitrogens with zero attached hydrogens (tertiary/aromatic N) is 1. The molecular weight excluding hydrogens is 238 g/mol. The number of nitrogens with two attached hydrogens (primary N) is 1. The maximum absolute atomic E-state index is 11.5. The van der Waals surface area contributed by atoms with Gasteiger partial charge in [0.15, 0.2) is 5.78 Å². The summed E-state index contributed by atoms with van der Waals surface area (Å²) < 4.78 is 0. The molecule has 1 aliphatic rings. The van der Waals surface area contributed by atoms with Crippen LogP contribution in [0.5, 0.6) is 0 Å². The molecule has 0 bridgehead atoms. The first-order chi connectivity index (χ1) is 9.11. The Bertz CT molecular complexity index is 459. The Morgan fingerprint density at radius 2 is 2.32 bits per heavy atom. The molecule has 104 valence electrons. The highest BCUT2D eigenvalue weighted by Crippen LogP contribution is 2.20. The second-order valence-electron chi connectivity index (χ2n) is 5.16. The number of hydrogen-bond acceptors (Lipinski definition) is 4. The highest BCUT2D eigenvalue weighted by Gasteiger charge is 2.22. The van der Waals surface area contributed by atoms with Crippen LogP contribution in [0.3, 0.4) is 0 Å². The van der Waals surface area contributed by atoms with Gasteiger partial charge < -0.3 is 11.1 Å². The highest BCUT2D eigenvalue weighted by atomic mass is 16.1. The number of anilines is 2. The quantitative estimate of drug-likeness (QED) is 0.631. The topological polar surface area (TPSA) is 58.4 Å². The van der Waals surface area contributed by atoms with Gasteiger partial charge in [-0.1, -0.05) is 6.92 Å². The SMILES string of the molecule is CCN1CCCC1CNc1ccc(N)c(C(C)=O)c1. The standard InChI is InChI=1S/C15H23N3O/c1-3-18-8-4-5-13(18)10-17-12-6-7-15(16)14(9-12)11(2)19/h6-7,9,13,17H,3-5,8,10,16H2,1-2H3. The summed E-state index contributed by atoms with van der Waals surface area (Å²) in [6.45, 7) is 6.98. The van der Waals surface area contributed by atoms with Gasteiger partial charge in [-0.15, -0.1) is 0 Å². The molecule has 4 nitrogen and oxygen atoms in total. The third-order valence-electron chi connectivity index (χ3n) is 3.88. The minimum Gasteiger partial charge on any atom is -0.398 e. The van der Waals surface area contributed by atoms with Crippen LogP contribution in [0.25, 0.3) is 0 Å². The van der Waals surface area contributed by atoms with E-state index in [0.29, 0.717) is 17.3 Å². The van der Waals surface area contributed by atoms with Crippen LogP contribution in [0.15, 0.2) is 18.2 Å². The zero-order valence-electron chi connectivity index (χ0n) is 11.8. The van der Waals surface area contributed by atoms with Crippen LogP contribution in [0, 0.1) is 0 Å². The molecule has 0 amide bonds. The van der Waals surface area contributed by atoms with Crippen LogP contribution < -0.4 is 11.1 Å². The number of ketones is 1. The van der Waals surface area contributed by atoms with Gasteiger partial charge in [-0.3, -0.25) is 9.69 Å². The van der Waals surface area contributed by atoms with E-state index < -0.39 is 0 Å².